The lowest BCUT2D eigenvalue weighted by atomic mass is 9.89. The molecular weight excluding hydrogens is 422 g/mol. The molecule has 2 aromatic carbocycles. The van der Waals surface area contributed by atoms with Gasteiger partial charge in [-0.25, -0.2) is 0 Å². The molecule has 1 saturated heterocycles. The fourth-order valence-corrected chi connectivity index (χ4v) is 4.52. The van der Waals surface area contributed by atoms with E-state index in [0.29, 0.717) is 24.6 Å². The number of nitrogens with one attached hydrogen (secondary N) is 1. The molecule has 1 N–H and O–H groups in total. The predicted molar refractivity (Wildman–Crippen MR) is 128 cm³/mol. The van der Waals surface area contributed by atoms with E-state index in [0.717, 1.165) is 28.8 Å². The quantitative estimate of drug-likeness (QED) is 0.593. The number of fused-ring (bicyclic) bond motifs is 1. The number of pyridine rings is 1. The molecule has 0 aliphatic carbocycles. The van der Waals surface area contributed by atoms with Crippen molar-refractivity contribution in [3.63, 3.8) is 0 Å². The van der Waals surface area contributed by atoms with Gasteiger partial charge in [-0.15, -0.1) is 0 Å². The number of piperidine rings is 1. The van der Waals surface area contributed by atoms with Crippen molar-refractivity contribution in [2.45, 2.75) is 38.6 Å². The number of likely N-dealkylation sites (tertiary alicyclic amines) is 1. The van der Waals surface area contributed by atoms with E-state index < -0.39 is 6.04 Å². The molecule has 0 spiro atoms. The van der Waals surface area contributed by atoms with E-state index in [2.05, 4.69) is 22.4 Å². The Kier molecular flexibility index (Phi) is 6.75. The molecule has 3 aromatic rings. The SMILES string of the molecule is CC(C)[C@@H](NC(=O)c1cccc2ncccc12)C(=O)N1CCC(c2ccc(Cl)cc2)CC1. The van der Waals surface area contributed by atoms with Crippen LogP contribution in [0.5, 0.6) is 0 Å². The topological polar surface area (TPSA) is 62.3 Å². The second kappa shape index (κ2) is 9.70. The molecule has 166 valence electrons. The lowest BCUT2D eigenvalue weighted by molar-refractivity contribution is -0.135. The van der Waals surface area contributed by atoms with Crippen molar-refractivity contribution in [3.8, 4) is 0 Å². The molecule has 0 radical (unpaired) electrons. The highest BCUT2D eigenvalue weighted by molar-refractivity contribution is 6.30. The number of halogens is 1. The summed E-state index contributed by atoms with van der Waals surface area (Å²) in [5.74, 6) is 0.146. The maximum absolute atomic E-state index is 13.3. The van der Waals surface area contributed by atoms with Gasteiger partial charge in [0.05, 0.1) is 5.52 Å². The van der Waals surface area contributed by atoms with Crippen molar-refractivity contribution < 1.29 is 9.59 Å². The summed E-state index contributed by atoms with van der Waals surface area (Å²) in [4.78, 5) is 32.7. The molecule has 5 nitrogen and oxygen atoms in total. The van der Waals surface area contributed by atoms with Gasteiger partial charge in [-0.3, -0.25) is 14.6 Å². The van der Waals surface area contributed by atoms with Gasteiger partial charge in [0.15, 0.2) is 0 Å². The number of aromatic nitrogens is 1. The Hall–Kier alpha value is -2.92. The van der Waals surface area contributed by atoms with E-state index in [1.165, 1.54) is 5.56 Å². The average molecular weight is 450 g/mol. The van der Waals surface area contributed by atoms with Gasteiger partial charge in [-0.2, -0.15) is 0 Å². The molecule has 4 rings (SSSR count). The summed E-state index contributed by atoms with van der Waals surface area (Å²) in [6, 6.07) is 16.6. The molecule has 6 heteroatoms. The minimum atomic E-state index is -0.568. The Labute approximate surface area is 193 Å². The van der Waals surface area contributed by atoms with Crippen LogP contribution in [0.15, 0.2) is 60.8 Å². The van der Waals surface area contributed by atoms with Crippen LogP contribution in [0, 0.1) is 5.92 Å². The Morgan fingerprint density at radius 3 is 2.44 bits per heavy atom. The van der Waals surface area contributed by atoms with Crippen molar-refractivity contribution in [1.29, 1.82) is 0 Å². The monoisotopic (exact) mass is 449 g/mol. The van der Waals surface area contributed by atoms with Crippen LogP contribution in [0.1, 0.15) is 48.5 Å². The molecule has 1 atom stereocenters. The fraction of sp³-hybridized carbons (Fsp3) is 0.346. The van der Waals surface area contributed by atoms with Crippen LogP contribution >= 0.6 is 11.6 Å². The van der Waals surface area contributed by atoms with E-state index in [1.807, 2.05) is 55.1 Å². The second-order valence-electron chi connectivity index (χ2n) is 8.72. The lowest BCUT2D eigenvalue weighted by Gasteiger charge is -2.35. The number of benzene rings is 2. The summed E-state index contributed by atoms with van der Waals surface area (Å²) >= 11 is 6.01. The standard InChI is InChI=1S/C26H28ClN3O2/c1-17(2)24(29-25(31)22-5-3-7-23-21(22)6-4-14-28-23)26(32)30-15-12-19(13-16-30)18-8-10-20(27)11-9-18/h3-11,14,17,19,24H,12-13,15-16H2,1-2H3,(H,29,31)/t24-/m1/s1. The van der Waals surface area contributed by atoms with Gasteiger partial charge < -0.3 is 10.2 Å². The number of amides is 2. The van der Waals surface area contributed by atoms with Gasteiger partial charge in [-0.1, -0.05) is 49.7 Å². The van der Waals surface area contributed by atoms with E-state index in [-0.39, 0.29) is 17.7 Å². The molecule has 0 saturated carbocycles. The predicted octanol–water partition coefficient (Wildman–Crippen LogP) is 5.05. The first-order valence-corrected chi connectivity index (χ1v) is 11.5. The number of rotatable bonds is 5. The summed E-state index contributed by atoms with van der Waals surface area (Å²) < 4.78 is 0. The molecule has 0 bridgehead atoms. The van der Waals surface area contributed by atoms with Crippen molar-refractivity contribution in [2.75, 3.05) is 13.1 Å². The Balaban J connectivity index is 1.44. The van der Waals surface area contributed by atoms with Gasteiger partial charge in [0.25, 0.3) is 5.91 Å². The molecule has 1 aromatic heterocycles. The van der Waals surface area contributed by atoms with Gasteiger partial charge in [0.1, 0.15) is 6.04 Å². The lowest BCUT2D eigenvalue weighted by Crippen LogP contribution is -2.52. The Bertz CT molecular complexity index is 1100. The number of nitrogens with zero attached hydrogens (tertiary/aromatic N) is 2. The summed E-state index contributed by atoms with van der Waals surface area (Å²) in [6.45, 7) is 5.30. The van der Waals surface area contributed by atoms with Crippen LogP contribution in [0.3, 0.4) is 0 Å². The minimum Gasteiger partial charge on any atom is -0.341 e. The maximum Gasteiger partial charge on any atom is 0.252 e. The third-order valence-corrected chi connectivity index (χ3v) is 6.51. The smallest absolute Gasteiger partial charge is 0.252 e. The summed E-state index contributed by atoms with van der Waals surface area (Å²) in [5.41, 5.74) is 2.56. The van der Waals surface area contributed by atoms with E-state index in [4.69, 9.17) is 11.6 Å². The molecule has 1 aliphatic heterocycles. The van der Waals surface area contributed by atoms with Crippen LogP contribution in [0.4, 0.5) is 0 Å². The van der Waals surface area contributed by atoms with Crippen LogP contribution < -0.4 is 5.32 Å². The zero-order chi connectivity index (χ0) is 22.7. The van der Waals surface area contributed by atoms with E-state index >= 15 is 0 Å². The van der Waals surface area contributed by atoms with Crippen molar-refractivity contribution in [1.82, 2.24) is 15.2 Å². The highest BCUT2D eigenvalue weighted by atomic mass is 35.5. The van der Waals surface area contributed by atoms with Crippen LogP contribution in [0.25, 0.3) is 10.9 Å². The zero-order valence-electron chi connectivity index (χ0n) is 18.4. The minimum absolute atomic E-state index is 0.0127. The van der Waals surface area contributed by atoms with E-state index in [9.17, 15) is 9.59 Å². The molecule has 2 heterocycles. The molecule has 0 unspecified atom stereocenters. The van der Waals surface area contributed by atoms with Crippen molar-refractivity contribution in [3.05, 3.63) is 76.9 Å². The number of carbonyl (C=O) groups excluding carboxylic acids is 2. The first kappa shape index (κ1) is 22.3. The summed E-state index contributed by atoms with van der Waals surface area (Å²) in [6.07, 6.45) is 3.51. The number of hydrogen-bond acceptors (Lipinski definition) is 3. The maximum atomic E-state index is 13.3. The first-order chi connectivity index (χ1) is 15.4. The van der Waals surface area contributed by atoms with Crippen molar-refractivity contribution >= 4 is 34.3 Å². The van der Waals surface area contributed by atoms with Gasteiger partial charge >= 0.3 is 0 Å². The molecular formula is C26H28ClN3O2. The Morgan fingerprint density at radius 2 is 1.75 bits per heavy atom. The summed E-state index contributed by atoms with van der Waals surface area (Å²) in [7, 11) is 0. The van der Waals surface area contributed by atoms with Gasteiger partial charge in [0, 0.05) is 35.3 Å². The van der Waals surface area contributed by atoms with Crippen LogP contribution in [0.2, 0.25) is 5.02 Å². The number of hydrogen-bond donors (Lipinski definition) is 1. The largest absolute Gasteiger partial charge is 0.341 e. The molecule has 2 amide bonds. The normalized spacial score (nSPS) is 15.7. The third-order valence-electron chi connectivity index (χ3n) is 6.26. The molecule has 1 aliphatic rings. The molecule has 32 heavy (non-hydrogen) atoms. The average Bonchev–Trinajstić information content (AvgIpc) is 2.82. The Morgan fingerprint density at radius 1 is 1.03 bits per heavy atom. The van der Waals surface area contributed by atoms with Crippen molar-refractivity contribution in [2.24, 2.45) is 5.92 Å². The highest BCUT2D eigenvalue weighted by Gasteiger charge is 2.32. The highest BCUT2D eigenvalue weighted by Crippen LogP contribution is 2.29. The second-order valence-corrected chi connectivity index (χ2v) is 9.16. The first-order valence-electron chi connectivity index (χ1n) is 11.1. The van der Waals surface area contributed by atoms with E-state index in [1.54, 1.807) is 12.3 Å². The fourth-order valence-electron chi connectivity index (χ4n) is 4.40. The third kappa shape index (κ3) is 4.78. The number of carbonyl (C=O) groups is 2. The zero-order valence-corrected chi connectivity index (χ0v) is 19.2. The van der Waals surface area contributed by atoms with Crippen LogP contribution in [-0.2, 0) is 4.79 Å². The van der Waals surface area contributed by atoms with Gasteiger partial charge in [-0.05, 0) is 60.6 Å². The van der Waals surface area contributed by atoms with Gasteiger partial charge in [0.2, 0.25) is 5.91 Å². The van der Waals surface area contributed by atoms with Crippen LogP contribution in [-0.4, -0.2) is 40.8 Å². The summed E-state index contributed by atoms with van der Waals surface area (Å²) in [5, 5.41) is 4.52. The molecule has 1 fully saturated rings.